The first kappa shape index (κ1) is 14.8. The molecule has 2 rings (SSSR count). The van der Waals surface area contributed by atoms with Gasteiger partial charge in [0, 0.05) is 18.2 Å². The summed E-state index contributed by atoms with van der Waals surface area (Å²) in [5.74, 6) is 0.226. The molecular formula is C15H22FN3O. The fourth-order valence-corrected chi connectivity index (χ4v) is 2.84. The molecule has 0 bridgehead atoms. The van der Waals surface area contributed by atoms with Crippen LogP contribution >= 0.6 is 0 Å². The van der Waals surface area contributed by atoms with Crippen LogP contribution in [0.3, 0.4) is 0 Å². The van der Waals surface area contributed by atoms with E-state index in [2.05, 4.69) is 23.9 Å². The molecule has 3 N–H and O–H groups in total. The van der Waals surface area contributed by atoms with Crippen molar-refractivity contribution in [1.29, 1.82) is 0 Å². The maximum atomic E-state index is 13.4. The highest BCUT2D eigenvalue weighted by molar-refractivity contribution is 5.98. The van der Waals surface area contributed by atoms with Crippen molar-refractivity contribution < 1.29 is 9.60 Å². The van der Waals surface area contributed by atoms with Crippen molar-refractivity contribution in [1.82, 2.24) is 4.90 Å². The van der Waals surface area contributed by atoms with E-state index < -0.39 is 0 Å². The number of halogens is 1. The first-order chi connectivity index (χ1) is 9.52. The minimum atomic E-state index is -0.379. The Balaban J connectivity index is 2.24. The number of hydrogen-bond acceptors (Lipinski definition) is 3. The predicted molar refractivity (Wildman–Crippen MR) is 77.2 cm³/mol. The Hall–Kier alpha value is -1.62. The van der Waals surface area contributed by atoms with Gasteiger partial charge in [-0.2, -0.15) is 0 Å². The lowest BCUT2D eigenvalue weighted by atomic mass is 9.91. The average Bonchev–Trinajstić information content (AvgIpc) is 2.44. The van der Waals surface area contributed by atoms with Gasteiger partial charge in [0.2, 0.25) is 0 Å². The van der Waals surface area contributed by atoms with Gasteiger partial charge in [-0.15, -0.1) is 0 Å². The lowest BCUT2D eigenvalue weighted by molar-refractivity contribution is 0.106. The maximum absolute atomic E-state index is 13.4. The van der Waals surface area contributed by atoms with Crippen LogP contribution in [0.2, 0.25) is 0 Å². The van der Waals surface area contributed by atoms with Gasteiger partial charge in [0.25, 0.3) is 0 Å². The van der Waals surface area contributed by atoms with E-state index in [1.54, 1.807) is 6.07 Å². The van der Waals surface area contributed by atoms with Crippen LogP contribution in [0.1, 0.15) is 37.8 Å². The van der Waals surface area contributed by atoms with Crippen LogP contribution in [0.15, 0.2) is 23.4 Å². The molecule has 1 aliphatic rings. The fraction of sp³-hybridized carbons (Fsp3) is 0.533. The number of rotatable bonds is 3. The summed E-state index contributed by atoms with van der Waals surface area (Å²) < 4.78 is 13.4. The highest BCUT2D eigenvalue weighted by Crippen LogP contribution is 2.25. The second kappa shape index (κ2) is 6.22. The number of hydrogen-bond donors (Lipinski definition) is 2. The molecule has 0 radical (unpaired) electrons. The fourth-order valence-electron chi connectivity index (χ4n) is 2.84. The zero-order valence-electron chi connectivity index (χ0n) is 12.0. The molecule has 1 aromatic carbocycles. The lowest BCUT2D eigenvalue weighted by Crippen LogP contribution is -2.42. The first-order valence-corrected chi connectivity index (χ1v) is 7.03. The summed E-state index contributed by atoms with van der Waals surface area (Å²) in [6.45, 7) is 6.19. The summed E-state index contributed by atoms with van der Waals surface area (Å²) in [4.78, 5) is 2.37. The van der Waals surface area contributed by atoms with E-state index in [0.29, 0.717) is 24.1 Å². The number of piperidine rings is 1. The van der Waals surface area contributed by atoms with Gasteiger partial charge in [0.15, 0.2) is 5.84 Å². The van der Waals surface area contributed by atoms with E-state index in [9.17, 15) is 4.39 Å². The van der Waals surface area contributed by atoms with Crippen LogP contribution in [0, 0.1) is 11.7 Å². The van der Waals surface area contributed by atoms with Gasteiger partial charge in [0.05, 0.1) is 0 Å². The SMILES string of the molecule is CC1CCCN(Cc2ccc(F)cc2C(N)=NO)C1C. The van der Waals surface area contributed by atoms with Crippen LogP contribution in [0.5, 0.6) is 0 Å². The summed E-state index contributed by atoms with van der Waals surface area (Å²) in [6.07, 6.45) is 2.42. The van der Waals surface area contributed by atoms with Crippen molar-refractivity contribution in [3.63, 3.8) is 0 Å². The quantitative estimate of drug-likeness (QED) is 0.387. The molecule has 0 amide bonds. The van der Waals surface area contributed by atoms with Crippen molar-refractivity contribution in [3.8, 4) is 0 Å². The van der Waals surface area contributed by atoms with Crippen molar-refractivity contribution >= 4 is 5.84 Å². The molecule has 1 heterocycles. The van der Waals surface area contributed by atoms with Gasteiger partial charge in [-0.1, -0.05) is 18.1 Å². The molecule has 1 aliphatic heterocycles. The van der Waals surface area contributed by atoms with Crippen molar-refractivity contribution in [2.24, 2.45) is 16.8 Å². The standard InChI is InChI=1S/C15H22FN3O/c1-10-4-3-7-19(11(10)2)9-12-5-6-13(16)8-14(12)15(17)18-20/h5-6,8,10-11,20H,3-4,7,9H2,1-2H3,(H2,17,18). The minimum Gasteiger partial charge on any atom is -0.409 e. The maximum Gasteiger partial charge on any atom is 0.170 e. The molecule has 1 aromatic rings. The molecule has 1 fully saturated rings. The molecule has 0 saturated carbocycles. The van der Waals surface area contributed by atoms with E-state index >= 15 is 0 Å². The largest absolute Gasteiger partial charge is 0.409 e. The number of amidine groups is 1. The van der Waals surface area contributed by atoms with Crippen molar-refractivity contribution in [2.45, 2.75) is 39.3 Å². The third kappa shape index (κ3) is 3.10. The molecule has 4 nitrogen and oxygen atoms in total. The van der Waals surface area contributed by atoms with Crippen LogP contribution in [0.25, 0.3) is 0 Å². The molecule has 0 spiro atoms. The van der Waals surface area contributed by atoms with Gasteiger partial charge < -0.3 is 10.9 Å². The Labute approximate surface area is 119 Å². The smallest absolute Gasteiger partial charge is 0.170 e. The van der Waals surface area contributed by atoms with Crippen LogP contribution in [-0.2, 0) is 6.54 Å². The van der Waals surface area contributed by atoms with Crippen LogP contribution < -0.4 is 5.73 Å². The molecular weight excluding hydrogens is 257 g/mol. The lowest BCUT2D eigenvalue weighted by Gasteiger charge is -2.38. The van der Waals surface area contributed by atoms with Crippen LogP contribution in [-0.4, -0.2) is 28.5 Å². The van der Waals surface area contributed by atoms with Gasteiger partial charge in [-0.05, 0) is 49.9 Å². The number of nitrogens with zero attached hydrogens (tertiary/aromatic N) is 2. The van der Waals surface area contributed by atoms with Gasteiger partial charge >= 0.3 is 0 Å². The van der Waals surface area contributed by atoms with E-state index in [0.717, 1.165) is 12.1 Å². The highest BCUT2D eigenvalue weighted by Gasteiger charge is 2.25. The van der Waals surface area contributed by atoms with Crippen LogP contribution in [0.4, 0.5) is 4.39 Å². The molecule has 2 atom stereocenters. The number of oxime groups is 1. The second-order valence-electron chi connectivity index (χ2n) is 5.62. The molecule has 5 heteroatoms. The van der Waals surface area contributed by atoms with E-state index in [-0.39, 0.29) is 11.7 Å². The normalized spacial score (nSPS) is 24.9. The van der Waals surface area contributed by atoms with Crippen molar-refractivity contribution in [3.05, 3.63) is 35.1 Å². The third-order valence-electron chi connectivity index (χ3n) is 4.33. The number of nitrogens with two attached hydrogens (primary N) is 1. The third-order valence-corrected chi connectivity index (χ3v) is 4.33. The van der Waals surface area contributed by atoms with E-state index in [1.165, 1.54) is 25.0 Å². The predicted octanol–water partition coefficient (Wildman–Crippen LogP) is 2.54. The van der Waals surface area contributed by atoms with E-state index in [4.69, 9.17) is 10.9 Å². The first-order valence-electron chi connectivity index (χ1n) is 7.03. The summed E-state index contributed by atoms with van der Waals surface area (Å²) in [6, 6.07) is 4.94. The van der Waals surface area contributed by atoms with Gasteiger partial charge in [0.1, 0.15) is 5.82 Å². The Kier molecular flexibility index (Phi) is 4.60. The monoisotopic (exact) mass is 279 g/mol. The summed E-state index contributed by atoms with van der Waals surface area (Å²) in [7, 11) is 0. The molecule has 1 saturated heterocycles. The molecule has 0 aliphatic carbocycles. The summed E-state index contributed by atoms with van der Waals surface area (Å²) in [5, 5.41) is 11.8. The van der Waals surface area contributed by atoms with E-state index in [1.807, 2.05) is 0 Å². The van der Waals surface area contributed by atoms with Crippen molar-refractivity contribution in [2.75, 3.05) is 6.54 Å². The summed E-state index contributed by atoms with van der Waals surface area (Å²) >= 11 is 0. The molecule has 20 heavy (non-hydrogen) atoms. The zero-order valence-corrected chi connectivity index (χ0v) is 12.0. The average molecular weight is 279 g/mol. The highest BCUT2D eigenvalue weighted by atomic mass is 19.1. The minimum absolute atomic E-state index is 0.0442. The van der Waals surface area contributed by atoms with Gasteiger partial charge in [-0.25, -0.2) is 4.39 Å². The topological polar surface area (TPSA) is 61.8 Å². The summed E-state index contributed by atoms with van der Waals surface area (Å²) in [5.41, 5.74) is 7.01. The Morgan fingerprint density at radius 2 is 2.25 bits per heavy atom. The number of benzene rings is 1. The Morgan fingerprint density at radius 3 is 2.95 bits per heavy atom. The number of likely N-dealkylation sites (tertiary alicyclic amines) is 1. The Morgan fingerprint density at radius 1 is 1.50 bits per heavy atom. The second-order valence-corrected chi connectivity index (χ2v) is 5.62. The Bertz CT molecular complexity index is 504. The molecule has 0 aromatic heterocycles. The molecule has 2 unspecified atom stereocenters. The zero-order chi connectivity index (χ0) is 14.7. The van der Waals surface area contributed by atoms with Gasteiger partial charge in [-0.3, -0.25) is 4.90 Å². The molecule has 110 valence electrons.